The van der Waals surface area contributed by atoms with Crippen molar-refractivity contribution in [2.75, 3.05) is 6.54 Å². The maximum atomic E-state index is 13.7. The Hall–Kier alpha value is -0.870. The summed E-state index contributed by atoms with van der Waals surface area (Å²) in [5.74, 6) is 1.25. The van der Waals surface area contributed by atoms with Gasteiger partial charge in [-0.3, -0.25) is 0 Å². The Balaban J connectivity index is 2.06. The fourth-order valence-corrected chi connectivity index (χ4v) is 2.81. The first kappa shape index (κ1) is 12.2. The van der Waals surface area contributed by atoms with Crippen LogP contribution in [0.25, 0.3) is 11.0 Å². The van der Waals surface area contributed by atoms with E-state index in [-0.39, 0.29) is 11.9 Å². The third-order valence-corrected chi connectivity index (χ3v) is 4.05. The molecule has 0 bridgehead atoms. The molecule has 1 aliphatic carbocycles. The van der Waals surface area contributed by atoms with Gasteiger partial charge in [0, 0.05) is 0 Å². The van der Waals surface area contributed by atoms with E-state index in [1.807, 2.05) is 6.07 Å². The van der Waals surface area contributed by atoms with Gasteiger partial charge in [-0.1, -0.05) is 6.92 Å². The van der Waals surface area contributed by atoms with Crippen molar-refractivity contribution in [1.82, 2.24) is 5.32 Å². The van der Waals surface area contributed by atoms with Crippen LogP contribution in [-0.4, -0.2) is 6.54 Å². The smallest absolute Gasteiger partial charge is 0.151 e. The van der Waals surface area contributed by atoms with Crippen LogP contribution in [0.3, 0.4) is 0 Å². The van der Waals surface area contributed by atoms with Gasteiger partial charge < -0.3 is 9.73 Å². The first-order chi connectivity index (χ1) is 8.70. The van der Waals surface area contributed by atoms with E-state index in [9.17, 15) is 4.39 Å². The fraction of sp³-hybridized carbons (Fsp3) is 0.429. The molecule has 1 aliphatic rings. The maximum Gasteiger partial charge on any atom is 0.151 e. The van der Waals surface area contributed by atoms with Crippen LogP contribution in [0.5, 0.6) is 0 Å². The minimum Gasteiger partial charge on any atom is -0.458 e. The van der Waals surface area contributed by atoms with Crippen LogP contribution in [0, 0.1) is 11.7 Å². The van der Waals surface area contributed by atoms with Crippen molar-refractivity contribution in [3.05, 3.63) is 34.2 Å². The Kier molecular flexibility index (Phi) is 3.16. The van der Waals surface area contributed by atoms with Gasteiger partial charge in [-0.2, -0.15) is 0 Å². The first-order valence-electron chi connectivity index (χ1n) is 6.31. The van der Waals surface area contributed by atoms with Gasteiger partial charge in [0.2, 0.25) is 0 Å². The van der Waals surface area contributed by atoms with Crippen molar-refractivity contribution in [2.24, 2.45) is 5.92 Å². The molecule has 18 heavy (non-hydrogen) atoms. The second-order valence-corrected chi connectivity index (χ2v) is 5.65. The fourth-order valence-electron chi connectivity index (χ4n) is 2.38. The molecule has 1 heterocycles. The maximum absolute atomic E-state index is 13.7. The molecule has 0 amide bonds. The van der Waals surface area contributed by atoms with E-state index in [4.69, 9.17) is 4.42 Å². The number of hydrogen-bond acceptors (Lipinski definition) is 2. The lowest BCUT2D eigenvalue weighted by Crippen LogP contribution is -2.21. The van der Waals surface area contributed by atoms with Crippen LogP contribution in [-0.2, 0) is 0 Å². The third kappa shape index (κ3) is 2.08. The summed E-state index contributed by atoms with van der Waals surface area (Å²) >= 11 is 3.40. The molecular formula is C14H15BrFNO. The second-order valence-electron chi connectivity index (χ2n) is 4.79. The Bertz CT molecular complexity index is 537. The molecule has 1 saturated carbocycles. The summed E-state index contributed by atoms with van der Waals surface area (Å²) in [5, 5.41) is 3.99. The molecule has 0 spiro atoms. The van der Waals surface area contributed by atoms with Gasteiger partial charge in [0.05, 0.1) is 15.9 Å². The second kappa shape index (κ2) is 4.67. The minimum atomic E-state index is -0.228. The lowest BCUT2D eigenvalue weighted by molar-refractivity contribution is 0.403. The molecule has 4 heteroatoms. The van der Waals surface area contributed by atoms with E-state index in [0.29, 0.717) is 16.9 Å². The van der Waals surface area contributed by atoms with Gasteiger partial charge in [0.1, 0.15) is 11.6 Å². The molecule has 1 N–H and O–H groups in total. The number of hydrogen-bond donors (Lipinski definition) is 1. The average Bonchev–Trinajstić information content (AvgIpc) is 3.09. The van der Waals surface area contributed by atoms with Crippen molar-refractivity contribution in [3.8, 4) is 0 Å². The van der Waals surface area contributed by atoms with E-state index >= 15 is 0 Å². The number of halogens is 2. The van der Waals surface area contributed by atoms with Crippen LogP contribution in [0.1, 0.15) is 31.6 Å². The number of furan rings is 1. The summed E-state index contributed by atoms with van der Waals surface area (Å²) in [5.41, 5.74) is 0.605. The molecule has 0 aliphatic heterocycles. The molecule has 2 aromatic rings. The number of nitrogens with one attached hydrogen (secondary N) is 1. The molecular weight excluding hydrogens is 297 g/mol. The zero-order valence-electron chi connectivity index (χ0n) is 10.2. The topological polar surface area (TPSA) is 25.2 Å². The lowest BCUT2D eigenvalue weighted by Gasteiger charge is -2.13. The number of rotatable bonds is 4. The highest BCUT2D eigenvalue weighted by Gasteiger charge is 2.34. The molecule has 1 fully saturated rings. The Morgan fingerprint density at radius 1 is 1.50 bits per heavy atom. The predicted octanol–water partition coefficient (Wildman–Crippen LogP) is 4.40. The summed E-state index contributed by atoms with van der Waals surface area (Å²) in [6.07, 6.45) is 2.44. The summed E-state index contributed by atoms with van der Waals surface area (Å²) in [6.45, 7) is 2.97. The Labute approximate surface area is 114 Å². The number of benzene rings is 1. The van der Waals surface area contributed by atoms with Crippen LogP contribution in [0.4, 0.5) is 4.39 Å². The molecule has 1 unspecified atom stereocenters. The van der Waals surface area contributed by atoms with Crippen LogP contribution < -0.4 is 5.32 Å². The Morgan fingerprint density at radius 2 is 2.28 bits per heavy atom. The van der Waals surface area contributed by atoms with Crippen LogP contribution in [0.2, 0.25) is 0 Å². The molecule has 0 radical (unpaired) electrons. The van der Waals surface area contributed by atoms with Crippen molar-refractivity contribution in [3.63, 3.8) is 0 Å². The van der Waals surface area contributed by atoms with Gasteiger partial charge in [-0.25, -0.2) is 4.39 Å². The van der Waals surface area contributed by atoms with Crippen molar-refractivity contribution >= 4 is 26.9 Å². The van der Waals surface area contributed by atoms with Gasteiger partial charge in [-0.15, -0.1) is 0 Å². The average molecular weight is 312 g/mol. The Morgan fingerprint density at radius 3 is 2.89 bits per heavy atom. The lowest BCUT2D eigenvalue weighted by atomic mass is 10.1. The molecule has 0 saturated heterocycles. The molecule has 3 rings (SSSR count). The zero-order valence-corrected chi connectivity index (χ0v) is 11.8. The van der Waals surface area contributed by atoms with E-state index in [1.165, 1.54) is 18.9 Å². The van der Waals surface area contributed by atoms with E-state index < -0.39 is 0 Å². The SMILES string of the molecule is CCNC(c1cc2c(F)ccc(Br)c2o1)C1CC1. The minimum absolute atomic E-state index is 0.216. The van der Waals surface area contributed by atoms with Gasteiger partial charge in [-0.05, 0) is 59.4 Å². The monoisotopic (exact) mass is 311 g/mol. The van der Waals surface area contributed by atoms with Crippen molar-refractivity contribution in [2.45, 2.75) is 25.8 Å². The molecule has 1 aromatic carbocycles. The first-order valence-corrected chi connectivity index (χ1v) is 7.11. The molecule has 1 atom stereocenters. The standard InChI is InChI=1S/C14H15BrFNO/c1-2-17-13(8-3-4-8)12-7-9-11(16)6-5-10(15)14(9)18-12/h5-8,13,17H,2-4H2,1H3. The third-order valence-electron chi connectivity index (χ3n) is 3.43. The molecule has 2 nitrogen and oxygen atoms in total. The summed E-state index contributed by atoms with van der Waals surface area (Å²) < 4.78 is 20.4. The highest BCUT2D eigenvalue weighted by molar-refractivity contribution is 9.10. The molecule has 1 aromatic heterocycles. The molecule has 96 valence electrons. The largest absolute Gasteiger partial charge is 0.458 e. The van der Waals surface area contributed by atoms with Gasteiger partial charge in [0.25, 0.3) is 0 Å². The van der Waals surface area contributed by atoms with Gasteiger partial charge >= 0.3 is 0 Å². The highest BCUT2D eigenvalue weighted by atomic mass is 79.9. The van der Waals surface area contributed by atoms with Crippen LogP contribution in [0.15, 0.2) is 27.1 Å². The van der Waals surface area contributed by atoms with Crippen molar-refractivity contribution < 1.29 is 8.81 Å². The summed E-state index contributed by atoms with van der Waals surface area (Å²) in [6, 6.07) is 5.20. The predicted molar refractivity (Wildman–Crippen MR) is 73.0 cm³/mol. The summed E-state index contributed by atoms with van der Waals surface area (Å²) in [7, 11) is 0. The number of fused-ring (bicyclic) bond motifs is 1. The van der Waals surface area contributed by atoms with Gasteiger partial charge in [0.15, 0.2) is 5.58 Å². The normalized spacial score (nSPS) is 17.3. The highest BCUT2D eigenvalue weighted by Crippen LogP contribution is 2.43. The summed E-state index contributed by atoms with van der Waals surface area (Å²) in [4.78, 5) is 0. The van der Waals surface area contributed by atoms with E-state index in [2.05, 4.69) is 28.2 Å². The quantitative estimate of drug-likeness (QED) is 0.905. The van der Waals surface area contributed by atoms with E-state index in [0.717, 1.165) is 16.8 Å². The van der Waals surface area contributed by atoms with E-state index in [1.54, 1.807) is 6.07 Å². The zero-order chi connectivity index (χ0) is 12.7. The van der Waals surface area contributed by atoms with Crippen molar-refractivity contribution in [1.29, 1.82) is 0 Å². The van der Waals surface area contributed by atoms with Crippen LogP contribution >= 0.6 is 15.9 Å².